The molecule has 5 heteroatoms. The Kier molecular flexibility index (Phi) is 5.11. The molecule has 2 rings (SSSR count). The fourth-order valence-electron chi connectivity index (χ4n) is 2.23. The van der Waals surface area contributed by atoms with Gasteiger partial charge in [0.15, 0.2) is 0 Å². The van der Waals surface area contributed by atoms with Crippen LogP contribution in [0.1, 0.15) is 37.4 Å². The second-order valence-corrected chi connectivity index (χ2v) is 5.22. The number of benzene rings is 1. The van der Waals surface area contributed by atoms with Gasteiger partial charge in [-0.3, -0.25) is 10.1 Å². The minimum absolute atomic E-state index is 0.129. The lowest BCUT2D eigenvalue weighted by atomic mass is 10.2. The van der Waals surface area contributed by atoms with Gasteiger partial charge in [-0.25, -0.2) is 0 Å². The van der Waals surface area contributed by atoms with Crippen molar-refractivity contribution in [3.8, 4) is 0 Å². The van der Waals surface area contributed by atoms with Crippen molar-refractivity contribution in [3.63, 3.8) is 0 Å². The average molecular weight is 287 g/mol. The number of nitro benzene ring substituents is 1. The third-order valence-corrected chi connectivity index (χ3v) is 3.49. The number of nitrogens with zero attached hydrogens (tertiary/aromatic N) is 2. The Labute approximate surface area is 124 Å². The maximum absolute atomic E-state index is 10.6. The fourth-order valence-corrected chi connectivity index (χ4v) is 2.23. The first-order chi connectivity index (χ1) is 10.1. The van der Waals surface area contributed by atoms with E-state index in [4.69, 9.17) is 0 Å². The average Bonchev–Trinajstić information content (AvgIpc) is 2.94. The normalized spacial score (nSPS) is 12.3. The summed E-state index contributed by atoms with van der Waals surface area (Å²) in [6.45, 7) is 6.04. The summed E-state index contributed by atoms with van der Waals surface area (Å²) in [5.41, 5.74) is 2.44. The van der Waals surface area contributed by atoms with Crippen LogP contribution in [0.5, 0.6) is 0 Å². The standard InChI is InChI=1S/C16H21N3O2/c1-3-9-17-13(2)15-8-10-18(12-15)11-14-4-6-16(7-5-14)19(20)21/h4-8,10,12-13,17H,3,9,11H2,1-2H3. The largest absolute Gasteiger partial charge is 0.350 e. The second-order valence-electron chi connectivity index (χ2n) is 5.22. The molecule has 1 aromatic carbocycles. The summed E-state index contributed by atoms with van der Waals surface area (Å²) in [4.78, 5) is 10.3. The highest BCUT2D eigenvalue weighted by molar-refractivity contribution is 5.33. The number of non-ortho nitro benzene ring substituents is 1. The topological polar surface area (TPSA) is 60.1 Å². The number of hydrogen-bond acceptors (Lipinski definition) is 3. The molecule has 0 fully saturated rings. The number of nitrogens with one attached hydrogen (secondary N) is 1. The number of aromatic nitrogens is 1. The monoisotopic (exact) mass is 287 g/mol. The number of nitro groups is 1. The molecule has 0 aliphatic heterocycles. The molecule has 1 atom stereocenters. The Hall–Kier alpha value is -2.14. The number of rotatable bonds is 7. The van der Waals surface area contributed by atoms with Gasteiger partial charge < -0.3 is 9.88 Å². The molecule has 1 N–H and O–H groups in total. The SMILES string of the molecule is CCCNC(C)c1ccn(Cc2ccc([N+](=O)[O-])cc2)c1. The van der Waals surface area contributed by atoms with Crippen molar-refractivity contribution < 1.29 is 4.92 Å². The zero-order valence-electron chi connectivity index (χ0n) is 12.5. The van der Waals surface area contributed by atoms with Crippen LogP contribution in [-0.4, -0.2) is 16.0 Å². The van der Waals surface area contributed by atoms with Gasteiger partial charge in [-0.05, 0) is 37.1 Å². The molecule has 0 aliphatic carbocycles. The molecule has 0 spiro atoms. The molecule has 0 saturated carbocycles. The van der Waals surface area contributed by atoms with Crippen molar-refractivity contribution in [2.24, 2.45) is 0 Å². The zero-order valence-corrected chi connectivity index (χ0v) is 12.5. The second kappa shape index (κ2) is 7.04. The van der Waals surface area contributed by atoms with Crippen LogP contribution < -0.4 is 5.32 Å². The molecule has 1 aromatic heterocycles. The summed E-state index contributed by atoms with van der Waals surface area (Å²) in [6, 6.07) is 9.14. The van der Waals surface area contributed by atoms with Crippen LogP contribution in [0.2, 0.25) is 0 Å². The van der Waals surface area contributed by atoms with Gasteiger partial charge in [0.1, 0.15) is 0 Å². The van der Waals surface area contributed by atoms with Gasteiger partial charge in [0, 0.05) is 37.1 Å². The Balaban J connectivity index is 2.00. The lowest BCUT2D eigenvalue weighted by Gasteiger charge is -2.11. The predicted molar refractivity (Wildman–Crippen MR) is 83.3 cm³/mol. The van der Waals surface area contributed by atoms with Crippen molar-refractivity contribution in [1.29, 1.82) is 0 Å². The van der Waals surface area contributed by atoms with Crippen molar-refractivity contribution in [2.45, 2.75) is 32.9 Å². The maximum Gasteiger partial charge on any atom is 0.269 e. The van der Waals surface area contributed by atoms with E-state index in [-0.39, 0.29) is 10.6 Å². The predicted octanol–water partition coefficient (Wildman–Crippen LogP) is 3.51. The van der Waals surface area contributed by atoms with Crippen LogP contribution in [0.25, 0.3) is 0 Å². The third-order valence-electron chi connectivity index (χ3n) is 3.49. The molecule has 1 heterocycles. The minimum Gasteiger partial charge on any atom is -0.350 e. The van der Waals surface area contributed by atoms with Crippen LogP contribution in [0.15, 0.2) is 42.7 Å². The summed E-state index contributed by atoms with van der Waals surface area (Å²) in [5.74, 6) is 0. The van der Waals surface area contributed by atoms with E-state index in [1.54, 1.807) is 24.3 Å². The molecule has 0 radical (unpaired) electrons. The van der Waals surface area contributed by atoms with E-state index in [1.165, 1.54) is 5.56 Å². The first-order valence-electron chi connectivity index (χ1n) is 7.22. The van der Waals surface area contributed by atoms with Crippen LogP contribution in [0.4, 0.5) is 5.69 Å². The fraction of sp³-hybridized carbons (Fsp3) is 0.375. The first-order valence-corrected chi connectivity index (χ1v) is 7.22. The quantitative estimate of drug-likeness (QED) is 0.626. The van der Waals surface area contributed by atoms with Gasteiger partial charge >= 0.3 is 0 Å². The van der Waals surface area contributed by atoms with E-state index < -0.39 is 0 Å². The van der Waals surface area contributed by atoms with Gasteiger partial charge in [-0.2, -0.15) is 0 Å². The maximum atomic E-state index is 10.6. The molecular weight excluding hydrogens is 266 g/mol. The Bertz CT molecular complexity index is 590. The van der Waals surface area contributed by atoms with Crippen LogP contribution in [-0.2, 0) is 6.54 Å². The smallest absolute Gasteiger partial charge is 0.269 e. The van der Waals surface area contributed by atoms with Crippen LogP contribution in [0.3, 0.4) is 0 Å². The zero-order chi connectivity index (χ0) is 15.2. The molecule has 112 valence electrons. The van der Waals surface area contributed by atoms with Gasteiger partial charge in [0.2, 0.25) is 0 Å². The Morgan fingerprint density at radius 3 is 2.62 bits per heavy atom. The number of hydrogen-bond donors (Lipinski definition) is 1. The van der Waals surface area contributed by atoms with Crippen molar-refractivity contribution in [1.82, 2.24) is 9.88 Å². The van der Waals surface area contributed by atoms with Crippen molar-refractivity contribution in [3.05, 3.63) is 64.0 Å². The molecule has 21 heavy (non-hydrogen) atoms. The molecule has 1 unspecified atom stereocenters. The van der Waals surface area contributed by atoms with E-state index in [0.717, 1.165) is 25.1 Å². The molecule has 0 saturated heterocycles. The van der Waals surface area contributed by atoms with Crippen LogP contribution in [0, 0.1) is 10.1 Å². The van der Waals surface area contributed by atoms with Gasteiger partial charge in [-0.15, -0.1) is 0 Å². The summed E-state index contributed by atoms with van der Waals surface area (Å²) in [7, 11) is 0. The molecule has 0 amide bonds. The highest BCUT2D eigenvalue weighted by atomic mass is 16.6. The summed E-state index contributed by atoms with van der Waals surface area (Å²) in [5, 5.41) is 14.1. The molecule has 0 bridgehead atoms. The van der Waals surface area contributed by atoms with E-state index in [2.05, 4.69) is 36.0 Å². The lowest BCUT2D eigenvalue weighted by Crippen LogP contribution is -2.18. The van der Waals surface area contributed by atoms with E-state index >= 15 is 0 Å². The summed E-state index contributed by atoms with van der Waals surface area (Å²) < 4.78 is 2.10. The third kappa shape index (κ3) is 4.16. The van der Waals surface area contributed by atoms with Gasteiger partial charge in [0.05, 0.1) is 4.92 Å². The van der Waals surface area contributed by atoms with E-state index in [0.29, 0.717) is 6.04 Å². The van der Waals surface area contributed by atoms with Crippen molar-refractivity contribution >= 4 is 5.69 Å². The molecule has 0 aliphatic rings. The molecule has 2 aromatic rings. The minimum atomic E-state index is -0.376. The lowest BCUT2D eigenvalue weighted by molar-refractivity contribution is -0.384. The van der Waals surface area contributed by atoms with Crippen LogP contribution >= 0.6 is 0 Å². The Morgan fingerprint density at radius 1 is 1.29 bits per heavy atom. The highest BCUT2D eigenvalue weighted by Gasteiger charge is 2.07. The Morgan fingerprint density at radius 2 is 2.00 bits per heavy atom. The van der Waals surface area contributed by atoms with E-state index in [9.17, 15) is 10.1 Å². The summed E-state index contributed by atoms with van der Waals surface area (Å²) >= 11 is 0. The molecular formula is C16H21N3O2. The van der Waals surface area contributed by atoms with Crippen molar-refractivity contribution in [2.75, 3.05) is 6.54 Å². The first kappa shape index (κ1) is 15.3. The van der Waals surface area contributed by atoms with Gasteiger partial charge in [-0.1, -0.05) is 19.1 Å². The van der Waals surface area contributed by atoms with E-state index in [1.807, 2.05) is 6.20 Å². The van der Waals surface area contributed by atoms with Gasteiger partial charge in [0.25, 0.3) is 5.69 Å². The highest BCUT2D eigenvalue weighted by Crippen LogP contribution is 2.16. The molecule has 5 nitrogen and oxygen atoms in total. The summed E-state index contributed by atoms with van der Waals surface area (Å²) in [6.07, 6.45) is 5.28.